The number of aliphatic hydroxyl groups excluding tert-OH is 1. The largest absolute Gasteiger partial charge is 0.394 e. The van der Waals surface area contributed by atoms with Gasteiger partial charge in [-0.1, -0.05) is 0 Å². The average Bonchev–Trinajstić information content (AvgIpc) is 3.35. The summed E-state index contributed by atoms with van der Waals surface area (Å²) in [5, 5.41) is 8.60. The van der Waals surface area contributed by atoms with E-state index in [9.17, 15) is 8.42 Å². The van der Waals surface area contributed by atoms with Crippen LogP contribution < -0.4 is 0 Å². The highest BCUT2D eigenvalue weighted by atomic mass is 35.5. The summed E-state index contributed by atoms with van der Waals surface area (Å²) >= 11 is 11.6. The Morgan fingerprint density at radius 1 is 0.306 bits per heavy atom. The van der Waals surface area contributed by atoms with E-state index in [0.29, 0.717) is 257 Å². The topological polar surface area (TPSA) is 233 Å². The molecular weight excluding hydrogens is 1020 g/mol. The molecule has 0 amide bonds. The lowest BCUT2D eigenvalue weighted by Crippen LogP contribution is -2.31. The second-order valence-corrected chi connectivity index (χ2v) is 18.8. The van der Waals surface area contributed by atoms with Gasteiger partial charge in [0.05, 0.1) is 269 Å². The molecule has 0 fully saturated rings. The maximum absolute atomic E-state index is 12.2. The van der Waals surface area contributed by atoms with Crippen molar-refractivity contribution in [1.29, 1.82) is 0 Å². The van der Waals surface area contributed by atoms with Crippen LogP contribution in [0.4, 0.5) is 0 Å². The molecule has 0 aliphatic rings. The van der Waals surface area contributed by atoms with Gasteiger partial charge in [0, 0.05) is 5.54 Å². The Morgan fingerprint density at radius 2 is 0.472 bits per heavy atom. The molecule has 0 aromatic heterocycles. The minimum atomic E-state index is -3.21. The van der Waals surface area contributed by atoms with E-state index in [2.05, 4.69) is 0 Å². The summed E-state index contributed by atoms with van der Waals surface area (Å²) in [5.74, 6) is 0.0261. The van der Waals surface area contributed by atoms with Crippen LogP contribution in [0.2, 0.25) is 0 Å². The first kappa shape index (κ1) is 71.7. The van der Waals surface area contributed by atoms with Gasteiger partial charge in [-0.25, -0.2) is 8.42 Å². The summed E-state index contributed by atoms with van der Waals surface area (Å²) in [6.45, 7) is 20.9. The maximum Gasteiger partial charge on any atom is 0.152 e. The monoisotopic (exact) mass is 1110 g/mol. The van der Waals surface area contributed by atoms with Crippen LogP contribution >= 0.6 is 23.6 Å². The molecule has 0 heterocycles. The van der Waals surface area contributed by atoms with Gasteiger partial charge in [-0.15, -0.1) is 3.94 Å². The molecule has 0 saturated carbocycles. The predicted octanol–water partition coefficient (Wildman–Crippen LogP) is 1.88. The summed E-state index contributed by atoms with van der Waals surface area (Å²) in [7, 11) is -3.21. The van der Waals surface area contributed by atoms with Crippen molar-refractivity contribution in [3.8, 4) is 0 Å². The number of ether oxygens (including phenoxy) is 19. The molecule has 0 saturated heterocycles. The van der Waals surface area contributed by atoms with Gasteiger partial charge in [0.25, 0.3) is 0 Å². The molecule has 0 radical (unpaired) electrons. The van der Waals surface area contributed by atoms with Crippen LogP contribution in [0.3, 0.4) is 0 Å². The van der Waals surface area contributed by atoms with Crippen LogP contribution in [0.1, 0.15) is 26.7 Å². The number of sulfone groups is 1. The van der Waals surface area contributed by atoms with E-state index in [1.807, 2.05) is 13.8 Å². The van der Waals surface area contributed by atoms with Crippen LogP contribution in [0, 0.1) is 0 Å². The molecule has 26 heteroatoms. The lowest BCUT2D eigenvalue weighted by molar-refractivity contribution is -0.0312. The van der Waals surface area contributed by atoms with E-state index in [-0.39, 0.29) is 24.7 Å². The van der Waals surface area contributed by atoms with Crippen molar-refractivity contribution in [3.05, 3.63) is 0 Å². The van der Waals surface area contributed by atoms with Gasteiger partial charge in [-0.05, 0) is 50.2 Å². The lowest BCUT2D eigenvalue weighted by atomic mass is 10.0. The predicted molar refractivity (Wildman–Crippen MR) is 268 cm³/mol. The summed E-state index contributed by atoms with van der Waals surface area (Å²) in [5.41, 5.74) is -0.493. The molecular formula is C46H93Cl2NO22S. The fourth-order valence-electron chi connectivity index (χ4n) is 5.22. The van der Waals surface area contributed by atoms with Gasteiger partial charge in [0.2, 0.25) is 0 Å². The van der Waals surface area contributed by atoms with Crippen molar-refractivity contribution in [2.75, 3.05) is 269 Å². The quantitative estimate of drug-likeness (QED) is 0.0677. The van der Waals surface area contributed by atoms with Crippen molar-refractivity contribution in [2.24, 2.45) is 0 Å². The number of hydrogen-bond donors (Lipinski definition) is 1. The first-order valence-electron chi connectivity index (χ1n) is 25.1. The Hall–Kier alpha value is -0.310. The molecule has 72 heavy (non-hydrogen) atoms. The minimum absolute atomic E-state index is 0.0166. The van der Waals surface area contributed by atoms with E-state index >= 15 is 0 Å². The third-order valence-corrected chi connectivity index (χ3v) is 11.8. The van der Waals surface area contributed by atoms with Gasteiger partial charge in [0.1, 0.15) is 0 Å². The first-order valence-corrected chi connectivity index (χ1v) is 27.6. The molecule has 0 aliphatic carbocycles. The smallest absolute Gasteiger partial charge is 0.152 e. The molecule has 0 unspecified atom stereocenters. The molecule has 0 spiro atoms. The Balaban J connectivity index is 3.15. The van der Waals surface area contributed by atoms with Gasteiger partial charge in [-0.2, -0.15) is 0 Å². The molecule has 0 rings (SSSR count). The Bertz CT molecular complexity index is 1160. The Labute approximate surface area is 440 Å². The average molecular weight is 1120 g/mol. The van der Waals surface area contributed by atoms with Crippen molar-refractivity contribution in [1.82, 2.24) is 3.94 Å². The first-order chi connectivity index (χ1) is 35.2. The number of halogens is 2. The number of aliphatic hydroxyl groups is 1. The second-order valence-electron chi connectivity index (χ2n) is 15.7. The van der Waals surface area contributed by atoms with Crippen molar-refractivity contribution in [3.63, 3.8) is 0 Å². The van der Waals surface area contributed by atoms with Crippen LogP contribution in [0.15, 0.2) is 0 Å². The zero-order chi connectivity index (χ0) is 52.4. The summed E-state index contributed by atoms with van der Waals surface area (Å²) in [4.78, 5) is 0. The van der Waals surface area contributed by atoms with Gasteiger partial charge in [-0.3, -0.25) is 0 Å². The zero-order valence-corrected chi connectivity index (χ0v) is 45.9. The maximum atomic E-state index is 12.2. The zero-order valence-electron chi connectivity index (χ0n) is 43.5. The van der Waals surface area contributed by atoms with Crippen LogP contribution in [0.25, 0.3) is 0 Å². The number of rotatable bonds is 64. The summed E-state index contributed by atoms with van der Waals surface area (Å²) in [6.07, 6.45) is 1.03. The summed E-state index contributed by atoms with van der Waals surface area (Å²) in [6, 6.07) is 0. The molecule has 0 bridgehead atoms. The second kappa shape index (κ2) is 58.4. The van der Waals surface area contributed by atoms with Crippen molar-refractivity contribution >= 4 is 33.4 Å². The van der Waals surface area contributed by atoms with E-state index in [4.69, 9.17) is 119 Å². The van der Waals surface area contributed by atoms with Crippen LogP contribution in [0.5, 0.6) is 0 Å². The molecule has 0 aromatic rings. The van der Waals surface area contributed by atoms with E-state index < -0.39 is 15.4 Å². The fraction of sp³-hybridized carbons (Fsp3) is 1.00. The van der Waals surface area contributed by atoms with Crippen molar-refractivity contribution < 1.29 is 104 Å². The minimum Gasteiger partial charge on any atom is -0.394 e. The Kier molecular flexibility index (Phi) is 58.1. The van der Waals surface area contributed by atoms with Crippen molar-refractivity contribution in [2.45, 2.75) is 32.2 Å². The van der Waals surface area contributed by atoms with E-state index in [1.54, 1.807) is 0 Å². The van der Waals surface area contributed by atoms with Crippen LogP contribution in [-0.2, 0) is 99.8 Å². The van der Waals surface area contributed by atoms with Gasteiger partial charge in [0.15, 0.2) is 9.84 Å². The molecule has 1 N–H and O–H groups in total. The summed E-state index contributed by atoms with van der Waals surface area (Å²) < 4.78 is 129. The third kappa shape index (κ3) is 58.9. The Morgan fingerprint density at radius 3 is 0.639 bits per heavy atom. The molecule has 23 nitrogen and oxygen atoms in total. The van der Waals surface area contributed by atoms with Gasteiger partial charge >= 0.3 is 0 Å². The molecule has 0 aromatic carbocycles. The number of nitrogens with zero attached hydrogens (tertiary/aromatic N) is 1. The lowest BCUT2D eigenvalue weighted by Gasteiger charge is -2.27. The molecule has 434 valence electrons. The molecule has 0 aliphatic heterocycles. The standard InChI is InChI=1S/C46H93Cl2NO22S/c1-46(2,49(47)48)4-3-44-72(51,52)45-43-71-42-41-70-40-39-69-38-37-68-36-35-67-34-33-66-32-31-65-30-29-64-28-27-63-26-25-62-24-23-61-22-21-60-20-19-59-18-17-58-16-15-57-14-13-56-12-11-55-10-9-54-8-7-53-6-5-50/h50H,3-45H2,1-2H3. The van der Waals surface area contributed by atoms with Crippen LogP contribution in [-0.4, -0.2) is 292 Å². The van der Waals surface area contributed by atoms with E-state index in [1.165, 1.54) is 0 Å². The SMILES string of the molecule is CC(C)(CCCS(=O)(=O)CCOCCOCCOCCOCCOCCOCCOCCOCCOCCOCCOCCOCCOCCOCCOCCOCCOCCOCCOCCO)N(Cl)Cl. The normalized spacial score (nSPS) is 12.3. The third-order valence-electron chi connectivity index (χ3n) is 9.17. The molecule has 0 atom stereocenters. The van der Waals surface area contributed by atoms with E-state index in [0.717, 1.165) is 3.94 Å². The fourth-order valence-corrected chi connectivity index (χ4v) is 6.55. The number of hydrogen-bond acceptors (Lipinski definition) is 23. The highest BCUT2D eigenvalue weighted by Gasteiger charge is 2.25. The van der Waals surface area contributed by atoms with Gasteiger partial charge < -0.3 is 95.1 Å². The highest BCUT2D eigenvalue weighted by Crippen LogP contribution is 2.25. The highest BCUT2D eigenvalue weighted by molar-refractivity contribution is 7.91.